The average Bonchev–Trinajstić information content (AvgIpc) is 3.19. The Morgan fingerprint density at radius 2 is 2.25 bits per heavy atom. The van der Waals surface area contributed by atoms with Crippen molar-refractivity contribution in [3.8, 4) is 0 Å². The van der Waals surface area contributed by atoms with Gasteiger partial charge in [-0.1, -0.05) is 0 Å². The SMILES string of the molecule is CN(C)C[C@@H]1OC[C@H]2CN(C(=O)c3ccc4[nH]ccc4c3)CC[C@H]21. The number of likely N-dealkylation sites (tertiary alicyclic amines) is 1. The number of hydrogen-bond acceptors (Lipinski definition) is 3. The molecule has 4 rings (SSSR count). The molecule has 3 heterocycles. The van der Waals surface area contributed by atoms with Gasteiger partial charge in [-0.05, 0) is 50.7 Å². The van der Waals surface area contributed by atoms with E-state index in [0.29, 0.717) is 17.9 Å². The minimum Gasteiger partial charge on any atom is -0.376 e. The lowest BCUT2D eigenvalue weighted by atomic mass is 9.84. The third-order valence-electron chi connectivity index (χ3n) is 5.43. The number of rotatable bonds is 3. The summed E-state index contributed by atoms with van der Waals surface area (Å²) in [5, 5.41) is 1.09. The molecule has 0 unspecified atom stereocenters. The van der Waals surface area contributed by atoms with Crippen LogP contribution in [0.25, 0.3) is 10.9 Å². The van der Waals surface area contributed by atoms with Gasteiger partial charge >= 0.3 is 0 Å². The van der Waals surface area contributed by atoms with Gasteiger partial charge in [-0.15, -0.1) is 0 Å². The Labute approximate surface area is 142 Å². The molecule has 2 saturated heterocycles. The number of nitrogens with zero attached hydrogens (tertiary/aromatic N) is 2. The number of carbonyl (C=O) groups excluding carboxylic acids is 1. The van der Waals surface area contributed by atoms with Crippen molar-refractivity contribution < 1.29 is 9.53 Å². The molecule has 3 atom stereocenters. The first-order valence-electron chi connectivity index (χ1n) is 8.74. The summed E-state index contributed by atoms with van der Waals surface area (Å²) in [4.78, 5) is 20.3. The van der Waals surface area contributed by atoms with Crippen LogP contribution in [0.1, 0.15) is 16.8 Å². The highest BCUT2D eigenvalue weighted by atomic mass is 16.5. The van der Waals surface area contributed by atoms with Crippen LogP contribution < -0.4 is 0 Å². The number of aromatic nitrogens is 1. The molecule has 2 fully saturated rings. The molecular weight excluding hydrogens is 302 g/mol. The minimum absolute atomic E-state index is 0.146. The summed E-state index contributed by atoms with van der Waals surface area (Å²) in [5.41, 5.74) is 1.85. The number of nitrogens with one attached hydrogen (secondary N) is 1. The molecule has 1 aromatic carbocycles. The summed E-state index contributed by atoms with van der Waals surface area (Å²) in [6.07, 6.45) is 3.27. The molecule has 5 heteroatoms. The monoisotopic (exact) mass is 327 g/mol. The summed E-state index contributed by atoms with van der Waals surface area (Å²) in [6, 6.07) is 7.91. The number of piperidine rings is 1. The molecule has 0 bridgehead atoms. The number of benzene rings is 1. The summed E-state index contributed by atoms with van der Waals surface area (Å²) in [6.45, 7) is 3.40. The van der Waals surface area contributed by atoms with Gasteiger partial charge < -0.3 is 19.5 Å². The zero-order chi connectivity index (χ0) is 16.7. The number of ether oxygens (including phenoxy) is 1. The molecule has 1 amide bonds. The summed E-state index contributed by atoms with van der Waals surface area (Å²) in [7, 11) is 4.18. The van der Waals surface area contributed by atoms with Gasteiger partial charge in [0.05, 0.1) is 12.7 Å². The van der Waals surface area contributed by atoms with Gasteiger partial charge in [0.1, 0.15) is 0 Å². The molecule has 2 aromatic rings. The van der Waals surface area contributed by atoms with Crippen molar-refractivity contribution in [2.24, 2.45) is 11.8 Å². The zero-order valence-corrected chi connectivity index (χ0v) is 14.4. The van der Waals surface area contributed by atoms with Crippen molar-refractivity contribution in [1.29, 1.82) is 0 Å². The standard InChI is InChI=1S/C19H25N3O2/c1-21(2)11-18-16-6-8-22(10-15(16)12-24-18)19(23)14-3-4-17-13(9-14)5-7-20-17/h3-5,7,9,15-16,18,20H,6,8,10-12H2,1-2H3/t15-,16-,18+/m1/s1. The Hall–Kier alpha value is -1.85. The maximum atomic E-state index is 12.9. The van der Waals surface area contributed by atoms with Gasteiger partial charge in [-0.25, -0.2) is 0 Å². The summed E-state index contributed by atoms with van der Waals surface area (Å²) in [5.74, 6) is 1.21. The first-order valence-corrected chi connectivity index (χ1v) is 8.74. The average molecular weight is 327 g/mol. The first kappa shape index (κ1) is 15.7. The number of likely N-dealkylation sites (N-methyl/N-ethyl adjacent to an activating group) is 1. The molecule has 2 aliphatic heterocycles. The Bertz CT molecular complexity index is 739. The molecule has 0 spiro atoms. The molecule has 1 aromatic heterocycles. The smallest absolute Gasteiger partial charge is 0.253 e. The van der Waals surface area contributed by atoms with E-state index in [0.717, 1.165) is 49.1 Å². The Kier molecular flexibility index (Phi) is 4.06. The molecule has 2 aliphatic rings. The number of H-pyrrole nitrogens is 1. The van der Waals surface area contributed by atoms with E-state index in [1.165, 1.54) is 0 Å². The van der Waals surface area contributed by atoms with E-state index in [-0.39, 0.29) is 5.91 Å². The Morgan fingerprint density at radius 3 is 3.08 bits per heavy atom. The number of carbonyl (C=O) groups is 1. The van der Waals surface area contributed by atoms with Gasteiger partial charge in [-0.3, -0.25) is 4.79 Å². The summed E-state index contributed by atoms with van der Waals surface area (Å²) >= 11 is 0. The third-order valence-corrected chi connectivity index (χ3v) is 5.43. The van der Waals surface area contributed by atoms with Crippen molar-refractivity contribution >= 4 is 16.8 Å². The van der Waals surface area contributed by atoms with E-state index >= 15 is 0 Å². The van der Waals surface area contributed by atoms with Gasteiger partial charge in [0.2, 0.25) is 0 Å². The number of hydrogen-bond donors (Lipinski definition) is 1. The number of fused-ring (bicyclic) bond motifs is 2. The Morgan fingerprint density at radius 1 is 1.38 bits per heavy atom. The molecule has 128 valence electrons. The lowest BCUT2D eigenvalue weighted by molar-refractivity contribution is 0.0554. The second kappa shape index (κ2) is 6.22. The lowest BCUT2D eigenvalue weighted by Crippen LogP contribution is -2.45. The van der Waals surface area contributed by atoms with Crippen LogP contribution in [-0.2, 0) is 4.74 Å². The van der Waals surface area contributed by atoms with Crippen molar-refractivity contribution in [2.45, 2.75) is 12.5 Å². The van der Waals surface area contributed by atoms with Crippen LogP contribution >= 0.6 is 0 Å². The van der Waals surface area contributed by atoms with Crippen LogP contribution in [0.3, 0.4) is 0 Å². The third kappa shape index (κ3) is 2.82. The molecular formula is C19H25N3O2. The fraction of sp³-hybridized carbons (Fsp3) is 0.526. The number of aromatic amines is 1. The fourth-order valence-corrected chi connectivity index (χ4v) is 4.19. The minimum atomic E-state index is 0.146. The molecule has 1 N–H and O–H groups in total. The van der Waals surface area contributed by atoms with Crippen LogP contribution in [0, 0.1) is 11.8 Å². The maximum Gasteiger partial charge on any atom is 0.253 e. The largest absolute Gasteiger partial charge is 0.376 e. The van der Waals surface area contributed by atoms with Gasteiger partial charge in [0, 0.05) is 48.2 Å². The molecule has 5 nitrogen and oxygen atoms in total. The predicted molar refractivity (Wildman–Crippen MR) is 94.1 cm³/mol. The topological polar surface area (TPSA) is 48.6 Å². The van der Waals surface area contributed by atoms with E-state index in [9.17, 15) is 4.79 Å². The van der Waals surface area contributed by atoms with Crippen molar-refractivity contribution in [2.75, 3.05) is 40.3 Å². The predicted octanol–water partition coefficient (Wildman–Crippen LogP) is 2.21. The molecule has 0 radical (unpaired) electrons. The Balaban J connectivity index is 1.45. The van der Waals surface area contributed by atoms with Gasteiger partial charge in [0.15, 0.2) is 0 Å². The van der Waals surface area contributed by atoms with E-state index in [2.05, 4.69) is 24.0 Å². The maximum absolute atomic E-state index is 12.9. The van der Waals surface area contributed by atoms with Crippen LogP contribution in [-0.4, -0.2) is 67.1 Å². The van der Waals surface area contributed by atoms with Crippen molar-refractivity contribution in [3.05, 3.63) is 36.0 Å². The molecule has 0 saturated carbocycles. The quantitative estimate of drug-likeness (QED) is 0.940. The molecule has 24 heavy (non-hydrogen) atoms. The van der Waals surface area contributed by atoms with Crippen LogP contribution in [0.15, 0.2) is 30.5 Å². The zero-order valence-electron chi connectivity index (χ0n) is 14.4. The normalized spacial score (nSPS) is 27.0. The first-order chi connectivity index (χ1) is 11.6. The molecule has 0 aliphatic carbocycles. The van der Waals surface area contributed by atoms with Crippen molar-refractivity contribution in [3.63, 3.8) is 0 Å². The highest BCUT2D eigenvalue weighted by Crippen LogP contribution is 2.35. The van der Waals surface area contributed by atoms with Crippen LogP contribution in [0.4, 0.5) is 0 Å². The van der Waals surface area contributed by atoms with Crippen LogP contribution in [0.5, 0.6) is 0 Å². The fourth-order valence-electron chi connectivity index (χ4n) is 4.19. The highest BCUT2D eigenvalue weighted by Gasteiger charge is 2.41. The van der Waals surface area contributed by atoms with Crippen LogP contribution in [0.2, 0.25) is 0 Å². The van der Waals surface area contributed by atoms with Gasteiger partial charge in [-0.2, -0.15) is 0 Å². The van der Waals surface area contributed by atoms with E-state index in [4.69, 9.17) is 4.74 Å². The summed E-state index contributed by atoms with van der Waals surface area (Å²) < 4.78 is 6.01. The van der Waals surface area contributed by atoms with E-state index in [1.807, 2.05) is 35.4 Å². The van der Waals surface area contributed by atoms with Crippen molar-refractivity contribution in [1.82, 2.24) is 14.8 Å². The highest BCUT2D eigenvalue weighted by molar-refractivity contribution is 5.98. The number of amides is 1. The second-order valence-electron chi connectivity index (χ2n) is 7.38. The second-order valence-corrected chi connectivity index (χ2v) is 7.38. The van der Waals surface area contributed by atoms with E-state index in [1.54, 1.807) is 0 Å². The van der Waals surface area contributed by atoms with Gasteiger partial charge in [0.25, 0.3) is 5.91 Å². The van der Waals surface area contributed by atoms with E-state index < -0.39 is 0 Å². The lowest BCUT2D eigenvalue weighted by Gasteiger charge is -2.36.